The van der Waals surface area contributed by atoms with E-state index in [1.165, 1.54) is 0 Å². The van der Waals surface area contributed by atoms with Crippen molar-refractivity contribution in [1.29, 1.82) is 0 Å². The van der Waals surface area contributed by atoms with Gasteiger partial charge < -0.3 is 15.0 Å². The average molecular weight is 431 g/mol. The standard InChI is InChI=1S/C17H30N6O3S2/c1-3-18-17(19-4-11-28(24,25)23-6-9-27-10-7-23)22-5-8-26-16(14-22)15-12-20-21(2)13-15/h12-13,16H,3-11,14H2,1-2H3,(H,18,19). The number of sulfonamides is 1. The third kappa shape index (κ3) is 5.62. The number of aryl methyl sites for hydroxylation is 1. The normalized spacial score (nSPS) is 22.4. The second kappa shape index (κ2) is 9.95. The van der Waals surface area contributed by atoms with E-state index in [2.05, 4.69) is 20.3 Å². The Bertz CT molecular complexity index is 761. The minimum Gasteiger partial charge on any atom is -0.370 e. The predicted octanol–water partition coefficient (Wildman–Crippen LogP) is 0.138. The molecule has 1 aromatic rings. The molecule has 1 aromatic heterocycles. The first-order valence-electron chi connectivity index (χ1n) is 9.68. The predicted molar refractivity (Wildman–Crippen MR) is 112 cm³/mol. The van der Waals surface area contributed by atoms with Crippen LogP contribution >= 0.6 is 11.8 Å². The first kappa shape index (κ1) is 21.4. The van der Waals surface area contributed by atoms with Gasteiger partial charge in [0, 0.05) is 56.5 Å². The molecule has 2 fully saturated rings. The van der Waals surface area contributed by atoms with Crippen LogP contribution in [0.1, 0.15) is 18.6 Å². The molecular formula is C17H30N6O3S2. The number of aromatic nitrogens is 2. The van der Waals surface area contributed by atoms with Crippen LogP contribution in [0.4, 0.5) is 0 Å². The molecule has 0 aromatic carbocycles. The number of morpholine rings is 1. The highest BCUT2D eigenvalue weighted by atomic mass is 32.2. The van der Waals surface area contributed by atoms with Gasteiger partial charge in [-0.05, 0) is 6.92 Å². The van der Waals surface area contributed by atoms with Crippen molar-refractivity contribution in [3.8, 4) is 0 Å². The van der Waals surface area contributed by atoms with E-state index in [4.69, 9.17) is 4.74 Å². The fraction of sp³-hybridized carbons (Fsp3) is 0.765. The van der Waals surface area contributed by atoms with Gasteiger partial charge in [0.15, 0.2) is 5.96 Å². The van der Waals surface area contributed by atoms with Crippen molar-refractivity contribution >= 4 is 27.7 Å². The Hall–Kier alpha value is -1.30. The quantitative estimate of drug-likeness (QED) is 0.507. The lowest BCUT2D eigenvalue weighted by Crippen LogP contribution is -2.48. The molecular weight excluding hydrogens is 400 g/mol. The second-order valence-electron chi connectivity index (χ2n) is 6.82. The SMILES string of the molecule is CCNC(=NCCS(=O)(=O)N1CCSCC1)N1CCOC(c2cnn(C)c2)C1. The fourth-order valence-corrected chi connectivity index (χ4v) is 5.75. The zero-order valence-electron chi connectivity index (χ0n) is 16.6. The summed E-state index contributed by atoms with van der Waals surface area (Å²) in [6, 6.07) is 0. The van der Waals surface area contributed by atoms with Gasteiger partial charge in [0.1, 0.15) is 6.10 Å². The Balaban J connectivity index is 1.61. The minimum absolute atomic E-state index is 0.0446. The smallest absolute Gasteiger partial charge is 0.215 e. The maximum atomic E-state index is 12.5. The number of ether oxygens (including phenoxy) is 1. The van der Waals surface area contributed by atoms with Crippen molar-refractivity contribution in [3.63, 3.8) is 0 Å². The van der Waals surface area contributed by atoms with Crippen LogP contribution in [-0.4, -0.2) is 96.5 Å². The van der Waals surface area contributed by atoms with Crippen molar-refractivity contribution in [1.82, 2.24) is 24.3 Å². The Morgan fingerprint density at radius 2 is 2.18 bits per heavy atom. The van der Waals surface area contributed by atoms with Gasteiger partial charge in [-0.15, -0.1) is 0 Å². The van der Waals surface area contributed by atoms with Crippen LogP contribution in [0.5, 0.6) is 0 Å². The lowest BCUT2D eigenvalue weighted by molar-refractivity contribution is -0.00802. The van der Waals surface area contributed by atoms with Crippen LogP contribution in [-0.2, 0) is 21.8 Å². The highest BCUT2D eigenvalue weighted by molar-refractivity contribution is 7.99. The summed E-state index contributed by atoms with van der Waals surface area (Å²) >= 11 is 1.80. The molecule has 3 heterocycles. The van der Waals surface area contributed by atoms with Gasteiger partial charge in [-0.2, -0.15) is 16.9 Å². The van der Waals surface area contributed by atoms with Crippen LogP contribution < -0.4 is 5.32 Å². The van der Waals surface area contributed by atoms with Crippen LogP contribution in [0.15, 0.2) is 17.4 Å². The van der Waals surface area contributed by atoms with Gasteiger partial charge in [0.05, 0.1) is 31.6 Å². The third-order valence-electron chi connectivity index (χ3n) is 4.77. The number of aliphatic imine (C=N–C) groups is 1. The van der Waals surface area contributed by atoms with Gasteiger partial charge >= 0.3 is 0 Å². The van der Waals surface area contributed by atoms with Crippen molar-refractivity contribution in [2.45, 2.75) is 13.0 Å². The Kier molecular flexibility index (Phi) is 7.61. The maximum absolute atomic E-state index is 12.5. The number of nitrogens with one attached hydrogen (secondary N) is 1. The van der Waals surface area contributed by atoms with Gasteiger partial charge in [0.2, 0.25) is 10.0 Å². The first-order valence-corrected chi connectivity index (χ1v) is 12.4. The number of thioether (sulfide) groups is 1. The first-order chi connectivity index (χ1) is 13.5. The molecule has 1 unspecified atom stereocenters. The summed E-state index contributed by atoms with van der Waals surface area (Å²) in [6.45, 7) is 6.17. The van der Waals surface area contributed by atoms with E-state index >= 15 is 0 Å². The maximum Gasteiger partial charge on any atom is 0.215 e. The molecule has 3 rings (SSSR count). The topological polar surface area (TPSA) is 92.1 Å². The van der Waals surface area contributed by atoms with Gasteiger partial charge in [-0.25, -0.2) is 12.7 Å². The van der Waals surface area contributed by atoms with Crippen LogP contribution in [0.2, 0.25) is 0 Å². The van der Waals surface area contributed by atoms with Gasteiger partial charge in [-0.1, -0.05) is 0 Å². The van der Waals surface area contributed by atoms with Crippen molar-refractivity contribution in [2.24, 2.45) is 12.0 Å². The number of rotatable bonds is 6. The van der Waals surface area contributed by atoms with E-state index < -0.39 is 10.0 Å². The summed E-state index contributed by atoms with van der Waals surface area (Å²) in [5.74, 6) is 2.52. The fourth-order valence-electron chi connectivity index (χ4n) is 3.30. The van der Waals surface area contributed by atoms with E-state index in [1.54, 1.807) is 20.7 Å². The number of guanidine groups is 1. The molecule has 2 aliphatic heterocycles. The molecule has 1 N–H and O–H groups in total. The van der Waals surface area contributed by atoms with E-state index in [1.807, 2.05) is 26.4 Å². The molecule has 0 radical (unpaired) electrons. The zero-order valence-corrected chi connectivity index (χ0v) is 18.2. The van der Waals surface area contributed by atoms with Gasteiger partial charge in [0.25, 0.3) is 0 Å². The molecule has 2 aliphatic rings. The van der Waals surface area contributed by atoms with E-state index in [-0.39, 0.29) is 18.4 Å². The van der Waals surface area contributed by atoms with Crippen molar-refractivity contribution in [3.05, 3.63) is 18.0 Å². The Labute approximate surface area is 171 Å². The summed E-state index contributed by atoms with van der Waals surface area (Å²) in [5.41, 5.74) is 1.04. The number of hydrogen-bond donors (Lipinski definition) is 1. The molecule has 28 heavy (non-hydrogen) atoms. The molecule has 0 bridgehead atoms. The number of hydrogen-bond acceptors (Lipinski definition) is 6. The third-order valence-corrected chi connectivity index (χ3v) is 7.56. The Morgan fingerprint density at radius 1 is 1.39 bits per heavy atom. The molecule has 9 nitrogen and oxygen atoms in total. The van der Waals surface area contributed by atoms with Gasteiger partial charge in [-0.3, -0.25) is 9.67 Å². The highest BCUT2D eigenvalue weighted by Gasteiger charge is 2.26. The van der Waals surface area contributed by atoms with Crippen LogP contribution in [0.25, 0.3) is 0 Å². The lowest BCUT2D eigenvalue weighted by atomic mass is 10.1. The summed E-state index contributed by atoms with van der Waals surface area (Å²) in [4.78, 5) is 6.73. The number of nitrogens with zero attached hydrogens (tertiary/aromatic N) is 5. The second-order valence-corrected chi connectivity index (χ2v) is 10.1. The monoisotopic (exact) mass is 430 g/mol. The minimum atomic E-state index is -3.24. The summed E-state index contributed by atoms with van der Waals surface area (Å²) < 4.78 is 34.3. The molecule has 2 saturated heterocycles. The summed E-state index contributed by atoms with van der Waals surface area (Å²) in [5, 5.41) is 7.50. The summed E-state index contributed by atoms with van der Waals surface area (Å²) in [6.07, 6.45) is 3.71. The van der Waals surface area contributed by atoms with E-state index in [0.717, 1.165) is 36.1 Å². The molecule has 0 amide bonds. The van der Waals surface area contributed by atoms with Crippen molar-refractivity contribution in [2.75, 3.05) is 63.1 Å². The molecule has 11 heteroatoms. The lowest BCUT2D eigenvalue weighted by Gasteiger charge is -2.34. The van der Waals surface area contributed by atoms with E-state index in [0.29, 0.717) is 26.2 Å². The summed E-state index contributed by atoms with van der Waals surface area (Å²) in [7, 11) is -1.36. The molecule has 0 spiro atoms. The molecule has 0 saturated carbocycles. The molecule has 0 aliphatic carbocycles. The molecule has 158 valence electrons. The van der Waals surface area contributed by atoms with Crippen LogP contribution in [0.3, 0.4) is 0 Å². The highest BCUT2D eigenvalue weighted by Crippen LogP contribution is 2.21. The van der Waals surface area contributed by atoms with E-state index in [9.17, 15) is 8.42 Å². The molecule has 1 atom stereocenters. The average Bonchev–Trinajstić information content (AvgIpc) is 3.14. The van der Waals surface area contributed by atoms with Crippen LogP contribution in [0, 0.1) is 0 Å². The zero-order chi connectivity index (χ0) is 20.0. The largest absolute Gasteiger partial charge is 0.370 e. The van der Waals surface area contributed by atoms with Crippen molar-refractivity contribution < 1.29 is 13.2 Å². The Morgan fingerprint density at radius 3 is 2.86 bits per heavy atom.